The van der Waals surface area contributed by atoms with Crippen molar-refractivity contribution in [3.8, 4) is 0 Å². The van der Waals surface area contributed by atoms with Crippen molar-refractivity contribution in [1.82, 2.24) is 0 Å². The van der Waals surface area contributed by atoms with Crippen LogP contribution in [0.5, 0.6) is 0 Å². The van der Waals surface area contributed by atoms with Crippen molar-refractivity contribution in [3.63, 3.8) is 0 Å². The maximum absolute atomic E-state index is 12.0. The van der Waals surface area contributed by atoms with Gasteiger partial charge in [0.2, 0.25) is 0 Å². The number of hydrogen-bond donors (Lipinski definition) is 1. The van der Waals surface area contributed by atoms with E-state index in [1.165, 1.54) is 12.1 Å². The summed E-state index contributed by atoms with van der Waals surface area (Å²) < 4.78 is 36.1. The molecule has 0 saturated heterocycles. The van der Waals surface area contributed by atoms with Gasteiger partial charge in [-0.3, -0.25) is 0 Å². The highest BCUT2D eigenvalue weighted by atomic mass is 32.2. The first-order valence-corrected chi connectivity index (χ1v) is 5.22. The molecule has 1 aromatic rings. The SMILES string of the molecule is NC(=S)Cc1cccc(SC(F)(F)F)c1. The smallest absolute Gasteiger partial charge is 0.393 e. The van der Waals surface area contributed by atoms with Crippen LogP contribution < -0.4 is 5.73 Å². The molecule has 2 N–H and O–H groups in total. The Hall–Kier alpha value is -0.750. The Labute approximate surface area is 94.8 Å². The molecule has 0 saturated carbocycles. The Balaban J connectivity index is 2.79. The zero-order chi connectivity index (χ0) is 11.5. The number of benzene rings is 1. The Kier molecular flexibility index (Phi) is 3.98. The lowest BCUT2D eigenvalue weighted by Crippen LogP contribution is -2.11. The predicted octanol–water partition coefficient (Wildman–Crippen LogP) is 3.13. The van der Waals surface area contributed by atoms with Crippen molar-refractivity contribution in [2.75, 3.05) is 0 Å². The summed E-state index contributed by atoms with van der Waals surface area (Å²) in [5, 5.41) is 0. The number of rotatable bonds is 3. The van der Waals surface area contributed by atoms with Gasteiger partial charge in [0, 0.05) is 11.3 Å². The van der Waals surface area contributed by atoms with Crippen LogP contribution in [0.1, 0.15) is 5.56 Å². The fourth-order valence-electron chi connectivity index (χ4n) is 1.05. The molecule has 0 spiro atoms. The van der Waals surface area contributed by atoms with Gasteiger partial charge in [0.15, 0.2) is 0 Å². The van der Waals surface area contributed by atoms with Crippen LogP contribution in [0, 0.1) is 0 Å². The van der Waals surface area contributed by atoms with E-state index in [9.17, 15) is 13.2 Å². The molecule has 82 valence electrons. The first-order valence-electron chi connectivity index (χ1n) is 4.00. The van der Waals surface area contributed by atoms with E-state index in [0.717, 1.165) is 0 Å². The van der Waals surface area contributed by atoms with Crippen LogP contribution in [-0.2, 0) is 6.42 Å². The molecule has 1 nitrogen and oxygen atoms in total. The number of halogens is 3. The summed E-state index contributed by atoms with van der Waals surface area (Å²) in [5.41, 5.74) is 1.73. The molecule has 0 aliphatic heterocycles. The summed E-state index contributed by atoms with van der Waals surface area (Å²) in [4.78, 5) is 0.417. The van der Waals surface area contributed by atoms with Gasteiger partial charge in [-0.2, -0.15) is 13.2 Å². The number of thioether (sulfide) groups is 1. The number of alkyl halides is 3. The van der Waals surface area contributed by atoms with Crippen LogP contribution in [0.3, 0.4) is 0 Å². The normalized spacial score (nSPS) is 11.4. The first kappa shape index (κ1) is 12.3. The second-order valence-corrected chi connectivity index (χ2v) is 4.50. The Bertz CT molecular complexity index is 363. The first-order chi connectivity index (χ1) is 6.87. The quantitative estimate of drug-likeness (QED) is 0.660. The van der Waals surface area contributed by atoms with Crippen molar-refractivity contribution >= 4 is 29.0 Å². The summed E-state index contributed by atoms with van der Waals surface area (Å²) in [5.74, 6) is 0. The molecule has 0 fully saturated rings. The molecule has 15 heavy (non-hydrogen) atoms. The molecule has 0 unspecified atom stereocenters. The fourth-order valence-corrected chi connectivity index (χ4v) is 1.84. The van der Waals surface area contributed by atoms with Gasteiger partial charge in [0.25, 0.3) is 0 Å². The van der Waals surface area contributed by atoms with Crippen LogP contribution in [-0.4, -0.2) is 10.5 Å². The Morgan fingerprint density at radius 2 is 2.07 bits per heavy atom. The van der Waals surface area contributed by atoms with Gasteiger partial charge in [-0.25, -0.2) is 0 Å². The number of nitrogens with two attached hydrogens (primary N) is 1. The second kappa shape index (κ2) is 4.85. The lowest BCUT2D eigenvalue weighted by Gasteiger charge is -2.06. The van der Waals surface area contributed by atoms with Crippen molar-refractivity contribution in [2.45, 2.75) is 16.8 Å². The minimum atomic E-state index is -4.26. The van der Waals surface area contributed by atoms with Crippen LogP contribution >= 0.6 is 24.0 Å². The summed E-state index contributed by atoms with van der Waals surface area (Å²) in [7, 11) is 0. The van der Waals surface area contributed by atoms with Gasteiger partial charge < -0.3 is 5.73 Å². The topological polar surface area (TPSA) is 26.0 Å². The monoisotopic (exact) mass is 251 g/mol. The maximum atomic E-state index is 12.0. The van der Waals surface area contributed by atoms with E-state index in [0.29, 0.717) is 12.0 Å². The summed E-state index contributed by atoms with van der Waals surface area (Å²) in [6.45, 7) is 0. The Morgan fingerprint density at radius 3 is 2.60 bits per heavy atom. The van der Waals surface area contributed by atoms with Crippen LogP contribution in [0.4, 0.5) is 13.2 Å². The Morgan fingerprint density at radius 1 is 1.40 bits per heavy atom. The third-order valence-electron chi connectivity index (χ3n) is 1.51. The second-order valence-electron chi connectivity index (χ2n) is 2.84. The minimum absolute atomic E-state index is 0.142. The van der Waals surface area contributed by atoms with Gasteiger partial charge in [0.1, 0.15) is 0 Å². The molecule has 0 aliphatic carbocycles. The van der Waals surface area contributed by atoms with Gasteiger partial charge >= 0.3 is 5.51 Å². The molecule has 0 amide bonds. The summed E-state index contributed by atoms with van der Waals surface area (Å²) in [6.07, 6.45) is 0.321. The minimum Gasteiger partial charge on any atom is -0.393 e. The average Bonchev–Trinajstić information content (AvgIpc) is 1.99. The lowest BCUT2D eigenvalue weighted by molar-refractivity contribution is -0.0328. The molecule has 0 radical (unpaired) electrons. The number of thiocarbonyl (C=S) groups is 1. The third kappa shape index (κ3) is 5.03. The van der Waals surface area contributed by atoms with Crippen LogP contribution in [0.15, 0.2) is 29.2 Å². The van der Waals surface area contributed by atoms with E-state index in [4.69, 9.17) is 5.73 Å². The van der Waals surface area contributed by atoms with Crippen molar-refractivity contribution in [3.05, 3.63) is 29.8 Å². The van der Waals surface area contributed by atoms with E-state index < -0.39 is 5.51 Å². The van der Waals surface area contributed by atoms with E-state index >= 15 is 0 Å². The molecular weight excluding hydrogens is 243 g/mol. The van der Waals surface area contributed by atoms with Gasteiger partial charge in [-0.05, 0) is 29.5 Å². The molecule has 0 bridgehead atoms. The summed E-state index contributed by atoms with van der Waals surface area (Å²) >= 11 is 4.54. The van der Waals surface area contributed by atoms with Crippen molar-refractivity contribution in [1.29, 1.82) is 0 Å². The average molecular weight is 251 g/mol. The van der Waals surface area contributed by atoms with Crippen LogP contribution in [0.2, 0.25) is 0 Å². The highest BCUT2D eigenvalue weighted by Crippen LogP contribution is 2.36. The molecule has 0 heterocycles. The largest absolute Gasteiger partial charge is 0.446 e. The zero-order valence-corrected chi connectivity index (χ0v) is 9.18. The van der Waals surface area contributed by atoms with E-state index in [2.05, 4.69) is 12.2 Å². The fraction of sp³-hybridized carbons (Fsp3) is 0.222. The standard InChI is InChI=1S/C9H8F3NS2/c10-9(11,12)15-7-3-1-2-6(4-7)5-8(13)14/h1-4H,5H2,(H2,13,14). The zero-order valence-electron chi connectivity index (χ0n) is 7.54. The van der Waals surface area contributed by atoms with Gasteiger partial charge in [0.05, 0.1) is 4.99 Å². The van der Waals surface area contributed by atoms with Crippen LogP contribution in [0.25, 0.3) is 0 Å². The van der Waals surface area contributed by atoms with Crippen molar-refractivity contribution in [2.24, 2.45) is 5.73 Å². The highest BCUT2D eigenvalue weighted by Gasteiger charge is 2.29. The molecule has 0 aromatic heterocycles. The number of hydrogen-bond acceptors (Lipinski definition) is 2. The summed E-state index contributed by atoms with van der Waals surface area (Å²) in [6, 6.07) is 6.10. The third-order valence-corrected chi connectivity index (χ3v) is 2.38. The maximum Gasteiger partial charge on any atom is 0.446 e. The van der Waals surface area contributed by atoms with E-state index in [-0.39, 0.29) is 21.6 Å². The molecule has 0 aliphatic rings. The van der Waals surface area contributed by atoms with Gasteiger partial charge in [-0.1, -0.05) is 24.4 Å². The lowest BCUT2D eigenvalue weighted by atomic mass is 10.1. The molecule has 1 rings (SSSR count). The van der Waals surface area contributed by atoms with E-state index in [1.54, 1.807) is 12.1 Å². The van der Waals surface area contributed by atoms with E-state index in [1.807, 2.05) is 0 Å². The molecule has 1 aromatic carbocycles. The molecular formula is C9H8F3NS2. The molecule has 0 atom stereocenters. The van der Waals surface area contributed by atoms with Gasteiger partial charge in [-0.15, -0.1) is 0 Å². The highest BCUT2D eigenvalue weighted by molar-refractivity contribution is 8.00. The predicted molar refractivity (Wildman–Crippen MR) is 58.8 cm³/mol. The molecule has 6 heteroatoms. The van der Waals surface area contributed by atoms with Crippen molar-refractivity contribution < 1.29 is 13.2 Å².